The van der Waals surface area contributed by atoms with E-state index >= 15 is 0 Å². The van der Waals surface area contributed by atoms with Crippen molar-refractivity contribution in [1.29, 1.82) is 0 Å². The lowest BCUT2D eigenvalue weighted by molar-refractivity contribution is 0.0195. The van der Waals surface area contributed by atoms with Crippen LogP contribution in [-0.2, 0) is 9.47 Å². The van der Waals surface area contributed by atoms with Crippen LogP contribution in [0.1, 0.15) is 20.7 Å². The molecule has 1 aliphatic rings. The first kappa shape index (κ1) is 18.1. The number of benzene rings is 2. The van der Waals surface area contributed by atoms with Gasteiger partial charge in [-0.3, -0.25) is 4.90 Å². The Hall–Kier alpha value is -2.70. The summed E-state index contributed by atoms with van der Waals surface area (Å²) in [5.74, 6) is -0.395. The molecule has 0 spiro atoms. The van der Waals surface area contributed by atoms with E-state index in [2.05, 4.69) is 4.90 Å². The number of nitrogens with zero attached hydrogens (tertiary/aromatic N) is 1. The third kappa shape index (κ3) is 5.15. The first-order valence-corrected chi connectivity index (χ1v) is 8.57. The Morgan fingerprint density at radius 1 is 0.885 bits per heavy atom. The number of carbonyl (C=O) groups is 2. The van der Waals surface area contributed by atoms with E-state index in [0.29, 0.717) is 43.2 Å². The van der Waals surface area contributed by atoms with E-state index in [9.17, 15) is 9.59 Å². The van der Waals surface area contributed by atoms with Crippen molar-refractivity contribution in [1.82, 2.24) is 4.90 Å². The molecule has 0 unspecified atom stereocenters. The van der Waals surface area contributed by atoms with Crippen molar-refractivity contribution < 1.29 is 23.8 Å². The highest BCUT2D eigenvalue weighted by Crippen LogP contribution is 2.13. The SMILES string of the molecule is O=C(OCCN1CCOCC1)c1ccc(C(=O)Oc2ccccc2)cc1. The number of hydrogen-bond acceptors (Lipinski definition) is 6. The number of esters is 2. The Morgan fingerprint density at radius 2 is 1.50 bits per heavy atom. The van der Waals surface area contributed by atoms with Gasteiger partial charge in [0.25, 0.3) is 0 Å². The standard InChI is InChI=1S/C20H21NO5/c22-19(25-15-12-21-10-13-24-14-11-21)16-6-8-17(9-7-16)20(23)26-18-4-2-1-3-5-18/h1-9H,10-15H2. The molecule has 1 aliphatic heterocycles. The van der Waals surface area contributed by atoms with Gasteiger partial charge >= 0.3 is 11.9 Å². The molecule has 2 aromatic rings. The lowest BCUT2D eigenvalue weighted by Crippen LogP contribution is -2.38. The van der Waals surface area contributed by atoms with E-state index < -0.39 is 11.9 Å². The largest absolute Gasteiger partial charge is 0.461 e. The van der Waals surface area contributed by atoms with Crippen LogP contribution < -0.4 is 4.74 Å². The van der Waals surface area contributed by atoms with Gasteiger partial charge in [-0.25, -0.2) is 9.59 Å². The Kier molecular flexibility index (Phi) is 6.35. The van der Waals surface area contributed by atoms with Crippen molar-refractivity contribution in [2.75, 3.05) is 39.5 Å². The maximum atomic E-state index is 12.1. The van der Waals surface area contributed by atoms with Gasteiger partial charge in [0.15, 0.2) is 0 Å². The Bertz CT molecular complexity index is 724. The van der Waals surface area contributed by atoms with Gasteiger partial charge in [0.2, 0.25) is 0 Å². The quantitative estimate of drug-likeness (QED) is 0.586. The van der Waals surface area contributed by atoms with Crippen LogP contribution in [0, 0.1) is 0 Å². The Balaban J connectivity index is 1.48. The summed E-state index contributed by atoms with van der Waals surface area (Å²) >= 11 is 0. The van der Waals surface area contributed by atoms with Crippen molar-refractivity contribution in [3.8, 4) is 5.75 Å². The maximum absolute atomic E-state index is 12.1. The minimum atomic E-state index is -0.469. The molecule has 0 aliphatic carbocycles. The van der Waals surface area contributed by atoms with Crippen molar-refractivity contribution >= 4 is 11.9 Å². The lowest BCUT2D eigenvalue weighted by Gasteiger charge is -2.26. The van der Waals surface area contributed by atoms with Crippen LogP contribution in [0.2, 0.25) is 0 Å². The third-order valence-corrected chi connectivity index (χ3v) is 4.05. The molecule has 0 N–H and O–H groups in total. The fourth-order valence-corrected chi connectivity index (χ4v) is 2.57. The number of rotatable bonds is 6. The zero-order chi connectivity index (χ0) is 18.2. The molecule has 136 valence electrons. The van der Waals surface area contributed by atoms with Crippen LogP contribution in [0.25, 0.3) is 0 Å². The third-order valence-electron chi connectivity index (χ3n) is 4.05. The molecule has 6 heteroatoms. The van der Waals surface area contributed by atoms with E-state index in [1.165, 1.54) is 0 Å². The zero-order valence-electron chi connectivity index (χ0n) is 14.4. The molecule has 1 saturated heterocycles. The van der Waals surface area contributed by atoms with Gasteiger partial charge in [-0.1, -0.05) is 18.2 Å². The molecular weight excluding hydrogens is 334 g/mol. The van der Waals surface area contributed by atoms with E-state index in [1.54, 1.807) is 48.5 Å². The van der Waals surface area contributed by atoms with Crippen molar-refractivity contribution in [2.24, 2.45) is 0 Å². The van der Waals surface area contributed by atoms with Crippen molar-refractivity contribution in [2.45, 2.75) is 0 Å². The van der Waals surface area contributed by atoms with Crippen molar-refractivity contribution in [3.63, 3.8) is 0 Å². The maximum Gasteiger partial charge on any atom is 0.343 e. The summed E-state index contributed by atoms with van der Waals surface area (Å²) in [5.41, 5.74) is 0.780. The molecule has 0 bridgehead atoms. The summed E-state index contributed by atoms with van der Waals surface area (Å²) in [6.07, 6.45) is 0. The predicted octanol–water partition coefficient (Wildman–Crippen LogP) is 2.39. The van der Waals surface area contributed by atoms with Crippen LogP contribution >= 0.6 is 0 Å². The number of para-hydroxylation sites is 1. The van der Waals surface area contributed by atoms with E-state index in [0.717, 1.165) is 13.1 Å². The average molecular weight is 355 g/mol. The lowest BCUT2D eigenvalue weighted by atomic mass is 10.1. The van der Waals surface area contributed by atoms with Gasteiger partial charge in [-0.15, -0.1) is 0 Å². The molecule has 0 saturated carbocycles. The van der Waals surface area contributed by atoms with E-state index in [-0.39, 0.29) is 0 Å². The molecule has 26 heavy (non-hydrogen) atoms. The molecule has 0 atom stereocenters. The first-order valence-electron chi connectivity index (χ1n) is 8.57. The fraction of sp³-hybridized carbons (Fsp3) is 0.300. The number of hydrogen-bond donors (Lipinski definition) is 0. The van der Waals surface area contributed by atoms with Gasteiger partial charge in [0.05, 0.1) is 24.3 Å². The molecule has 6 nitrogen and oxygen atoms in total. The summed E-state index contributed by atoms with van der Waals surface area (Å²) < 4.78 is 15.8. The molecular formula is C20H21NO5. The Labute approximate surface area is 152 Å². The highest BCUT2D eigenvalue weighted by atomic mass is 16.5. The molecule has 0 radical (unpaired) electrons. The topological polar surface area (TPSA) is 65.1 Å². The van der Waals surface area contributed by atoms with Crippen LogP contribution in [0.3, 0.4) is 0 Å². The second kappa shape index (κ2) is 9.12. The molecule has 1 heterocycles. The normalized spacial score (nSPS) is 14.6. The zero-order valence-corrected chi connectivity index (χ0v) is 14.4. The second-order valence-electron chi connectivity index (χ2n) is 5.87. The van der Waals surface area contributed by atoms with Gasteiger partial charge in [0.1, 0.15) is 12.4 Å². The Morgan fingerprint density at radius 3 is 2.15 bits per heavy atom. The molecule has 3 rings (SSSR count). The summed E-state index contributed by atoms with van der Waals surface area (Å²) in [7, 11) is 0. The van der Waals surface area contributed by atoms with Gasteiger partial charge in [-0.05, 0) is 36.4 Å². The van der Waals surface area contributed by atoms with Crippen LogP contribution in [0.4, 0.5) is 0 Å². The molecule has 1 fully saturated rings. The van der Waals surface area contributed by atoms with Gasteiger partial charge < -0.3 is 14.2 Å². The minimum Gasteiger partial charge on any atom is -0.461 e. The average Bonchev–Trinajstić information content (AvgIpc) is 2.69. The monoisotopic (exact) mass is 355 g/mol. The van der Waals surface area contributed by atoms with Crippen LogP contribution in [0.5, 0.6) is 5.75 Å². The summed E-state index contributed by atoms with van der Waals surface area (Å²) in [6.45, 7) is 4.17. The molecule has 0 amide bonds. The number of ether oxygens (including phenoxy) is 3. The fourth-order valence-electron chi connectivity index (χ4n) is 2.57. The minimum absolute atomic E-state index is 0.330. The first-order chi connectivity index (χ1) is 12.7. The van der Waals surface area contributed by atoms with Gasteiger partial charge in [0, 0.05) is 19.6 Å². The van der Waals surface area contributed by atoms with Crippen LogP contribution in [-0.4, -0.2) is 56.3 Å². The summed E-state index contributed by atoms with van der Waals surface area (Å²) in [5, 5.41) is 0. The predicted molar refractivity (Wildman–Crippen MR) is 95.4 cm³/mol. The summed E-state index contributed by atoms with van der Waals surface area (Å²) in [6, 6.07) is 15.1. The van der Waals surface area contributed by atoms with E-state index in [1.807, 2.05) is 6.07 Å². The number of morpholine rings is 1. The number of carbonyl (C=O) groups excluding carboxylic acids is 2. The highest BCUT2D eigenvalue weighted by Gasteiger charge is 2.13. The molecule has 0 aromatic heterocycles. The molecule has 2 aromatic carbocycles. The van der Waals surface area contributed by atoms with E-state index in [4.69, 9.17) is 14.2 Å². The smallest absolute Gasteiger partial charge is 0.343 e. The highest BCUT2D eigenvalue weighted by molar-refractivity contribution is 5.94. The summed E-state index contributed by atoms with van der Waals surface area (Å²) in [4.78, 5) is 26.4. The van der Waals surface area contributed by atoms with Crippen LogP contribution in [0.15, 0.2) is 54.6 Å². The second-order valence-corrected chi connectivity index (χ2v) is 5.87. The van der Waals surface area contributed by atoms with Gasteiger partial charge in [-0.2, -0.15) is 0 Å². The van der Waals surface area contributed by atoms with Crippen molar-refractivity contribution in [3.05, 3.63) is 65.7 Å².